The summed E-state index contributed by atoms with van der Waals surface area (Å²) in [6, 6.07) is 13.5. The maximum Gasteiger partial charge on any atom is 0.254 e. The summed E-state index contributed by atoms with van der Waals surface area (Å²) in [6.45, 7) is 5.79. The molecule has 1 atom stereocenters. The average molecular weight is 394 g/mol. The second kappa shape index (κ2) is 8.48. The van der Waals surface area contributed by atoms with E-state index < -0.39 is 0 Å². The fraction of sp³-hybridized carbons (Fsp3) is 0.480. The van der Waals surface area contributed by atoms with Crippen molar-refractivity contribution in [1.82, 2.24) is 4.90 Å². The number of hydrogen-bond acceptors (Lipinski definition) is 3. The molecule has 1 N–H and O–H groups in total. The third-order valence-corrected chi connectivity index (χ3v) is 6.55. The maximum atomic E-state index is 12.7. The topological polar surface area (TPSA) is 49.8 Å². The normalized spacial score (nSPS) is 22.4. The second-order valence-electron chi connectivity index (χ2n) is 8.69. The number of phenols is 1. The number of ether oxygens (including phenoxy) is 1. The SMILES string of the molecule is CCC(Oc1cccc(C)c1)C1CCC(CN2Cc3ccc(O)cc3C2=O)CC1. The molecule has 4 nitrogen and oxygen atoms in total. The van der Waals surface area contributed by atoms with Crippen molar-refractivity contribution in [3.63, 3.8) is 0 Å². The number of hydrogen-bond donors (Lipinski definition) is 1. The minimum absolute atomic E-state index is 0.0623. The fourth-order valence-corrected chi connectivity index (χ4v) is 4.93. The Morgan fingerprint density at radius 3 is 2.66 bits per heavy atom. The van der Waals surface area contributed by atoms with Crippen molar-refractivity contribution in [2.24, 2.45) is 11.8 Å². The van der Waals surface area contributed by atoms with Gasteiger partial charge in [0.1, 0.15) is 17.6 Å². The van der Waals surface area contributed by atoms with Crippen LogP contribution >= 0.6 is 0 Å². The molecule has 1 aliphatic carbocycles. The molecule has 1 unspecified atom stereocenters. The minimum Gasteiger partial charge on any atom is -0.508 e. The van der Waals surface area contributed by atoms with Gasteiger partial charge >= 0.3 is 0 Å². The maximum absolute atomic E-state index is 12.7. The molecular weight excluding hydrogens is 362 g/mol. The van der Waals surface area contributed by atoms with Gasteiger partial charge in [0.05, 0.1) is 0 Å². The number of phenolic OH excluding ortho intramolecular Hbond substituents is 1. The second-order valence-corrected chi connectivity index (χ2v) is 8.69. The summed E-state index contributed by atoms with van der Waals surface area (Å²) in [6.07, 6.45) is 5.88. The van der Waals surface area contributed by atoms with E-state index in [1.165, 1.54) is 5.56 Å². The number of carbonyl (C=O) groups is 1. The van der Waals surface area contributed by atoms with E-state index in [-0.39, 0.29) is 17.8 Å². The quantitative estimate of drug-likeness (QED) is 0.722. The number of aromatic hydroxyl groups is 1. The number of amides is 1. The van der Waals surface area contributed by atoms with Gasteiger partial charge in [0.2, 0.25) is 0 Å². The third kappa shape index (κ3) is 4.42. The largest absolute Gasteiger partial charge is 0.508 e. The Morgan fingerprint density at radius 1 is 1.14 bits per heavy atom. The molecule has 0 spiro atoms. The van der Waals surface area contributed by atoms with Crippen molar-refractivity contribution < 1.29 is 14.6 Å². The predicted octanol–water partition coefficient (Wildman–Crippen LogP) is 5.32. The monoisotopic (exact) mass is 393 g/mol. The lowest BCUT2D eigenvalue weighted by Crippen LogP contribution is -2.35. The highest BCUT2D eigenvalue weighted by Crippen LogP contribution is 2.35. The van der Waals surface area contributed by atoms with Gasteiger partial charge in [-0.1, -0.05) is 25.1 Å². The standard InChI is InChI=1S/C25H31NO3/c1-3-24(29-22-6-4-5-17(2)13-22)19-9-7-18(8-10-19)15-26-16-20-11-12-21(27)14-23(20)25(26)28/h4-6,11-14,18-19,24,27H,3,7-10,15-16H2,1-2H3. The first-order chi connectivity index (χ1) is 14.0. The fourth-order valence-electron chi connectivity index (χ4n) is 4.93. The lowest BCUT2D eigenvalue weighted by molar-refractivity contribution is 0.0656. The first-order valence-corrected chi connectivity index (χ1v) is 10.9. The number of aryl methyl sites for hydroxylation is 1. The molecule has 2 aromatic carbocycles. The van der Waals surface area contributed by atoms with E-state index in [1.54, 1.807) is 12.1 Å². The van der Waals surface area contributed by atoms with Gasteiger partial charge in [-0.3, -0.25) is 4.79 Å². The molecular formula is C25H31NO3. The van der Waals surface area contributed by atoms with Crippen LogP contribution in [0.5, 0.6) is 11.5 Å². The van der Waals surface area contributed by atoms with Crippen LogP contribution in [0.4, 0.5) is 0 Å². The van der Waals surface area contributed by atoms with Gasteiger partial charge in [-0.15, -0.1) is 0 Å². The summed E-state index contributed by atoms with van der Waals surface area (Å²) in [4.78, 5) is 14.6. The Bertz CT molecular complexity index is 870. The summed E-state index contributed by atoms with van der Waals surface area (Å²) in [5, 5.41) is 9.66. The van der Waals surface area contributed by atoms with E-state index in [0.717, 1.165) is 50.0 Å². The van der Waals surface area contributed by atoms with Crippen molar-refractivity contribution in [3.8, 4) is 11.5 Å². The summed E-state index contributed by atoms with van der Waals surface area (Å²) in [5.74, 6) is 2.34. The summed E-state index contributed by atoms with van der Waals surface area (Å²) in [7, 11) is 0. The van der Waals surface area contributed by atoms with Crippen LogP contribution < -0.4 is 4.74 Å². The lowest BCUT2D eigenvalue weighted by Gasteiger charge is -2.35. The van der Waals surface area contributed by atoms with Gasteiger partial charge in [-0.25, -0.2) is 0 Å². The minimum atomic E-state index is 0.0623. The first kappa shape index (κ1) is 19.8. The molecule has 2 aromatic rings. The average Bonchev–Trinajstić information content (AvgIpc) is 3.02. The van der Waals surface area contributed by atoms with E-state index >= 15 is 0 Å². The highest BCUT2D eigenvalue weighted by Gasteiger charge is 2.33. The van der Waals surface area contributed by atoms with E-state index in [1.807, 2.05) is 11.0 Å². The van der Waals surface area contributed by atoms with E-state index in [4.69, 9.17) is 4.74 Å². The van der Waals surface area contributed by atoms with Crippen LogP contribution in [0.3, 0.4) is 0 Å². The Balaban J connectivity index is 1.31. The third-order valence-electron chi connectivity index (χ3n) is 6.55. The highest BCUT2D eigenvalue weighted by atomic mass is 16.5. The molecule has 0 saturated heterocycles. The molecule has 2 aliphatic rings. The first-order valence-electron chi connectivity index (χ1n) is 10.9. The van der Waals surface area contributed by atoms with Crippen molar-refractivity contribution in [3.05, 3.63) is 59.2 Å². The number of carbonyl (C=O) groups excluding carboxylic acids is 1. The van der Waals surface area contributed by atoms with E-state index in [2.05, 4.69) is 38.1 Å². The zero-order valence-electron chi connectivity index (χ0n) is 17.4. The number of nitrogens with zero attached hydrogens (tertiary/aromatic N) is 1. The van der Waals surface area contributed by atoms with Gasteiger partial charge in [0, 0.05) is 18.7 Å². The van der Waals surface area contributed by atoms with Crippen molar-refractivity contribution >= 4 is 5.91 Å². The zero-order valence-corrected chi connectivity index (χ0v) is 17.4. The van der Waals surface area contributed by atoms with Crippen LogP contribution in [-0.4, -0.2) is 28.6 Å². The molecule has 1 aliphatic heterocycles. The summed E-state index contributed by atoms with van der Waals surface area (Å²) in [5.41, 5.74) is 2.92. The molecule has 1 heterocycles. The van der Waals surface area contributed by atoms with Crippen LogP contribution in [0.25, 0.3) is 0 Å². The molecule has 0 bridgehead atoms. The Labute approximate surface area is 173 Å². The summed E-state index contributed by atoms with van der Waals surface area (Å²) < 4.78 is 6.33. The van der Waals surface area contributed by atoms with Crippen LogP contribution in [0.2, 0.25) is 0 Å². The van der Waals surface area contributed by atoms with Gasteiger partial charge in [0.15, 0.2) is 0 Å². The lowest BCUT2D eigenvalue weighted by atomic mass is 9.78. The molecule has 1 saturated carbocycles. The van der Waals surface area contributed by atoms with E-state index in [9.17, 15) is 9.90 Å². The molecule has 154 valence electrons. The van der Waals surface area contributed by atoms with Crippen LogP contribution in [-0.2, 0) is 6.54 Å². The predicted molar refractivity (Wildman–Crippen MR) is 114 cm³/mol. The Morgan fingerprint density at radius 2 is 1.93 bits per heavy atom. The van der Waals surface area contributed by atoms with E-state index in [0.29, 0.717) is 23.9 Å². The van der Waals surface area contributed by atoms with Crippen molar-refractivity contribution in [2.45, 2.75) is 58.6 Å². The number of fused-ring (bicyclic) bond motifs is 1. The molecule has 4 rings (SSSR count). The molecule has 1 amide bonds. The smallest absolute Gasteiger partial charge is 0.254 e. The van der Waals surface area contributed by atoms with Crippen molar-refractivity contribution in [2.75, 3.05) is 6.54 Å². The Kier molecular flexibility index (Phi) is 5.79. The number of benzene rings is 2. The van der Waals surface area contributed by atoms with Crippen molar-refractivity contribution in [1.29, 1.82) is 0 Å². The zero-order chi connectivity index (χ0) is 20.4. The Hall–Kier alpha value is -2.49. The van der Waals surface area contributed by atoms with Gasteiger partial charge in [0.25, 0.3) is 5.91 Å². The summed E-state index contributed by atoms with van der Waals surface area (Å²) >= 11 is 0. The van der Waals surface area contributed by atoms with Gasteiger partial charge in [-0.05, 0) is 86.3 Å². The van der Waals surface area contributed by atoms with Gasteiger partial charge < -0.3 is 14.7 Å². The van der Waals surface area contributed by atoms with Crippen LogP contribution in [0, 0.1) is 18.8 Å². The molecule has 0 radical (unpaired) electrons. The van der Waals surface area contributed by atoms with Crippen LogP contribution in [0.15, 0.2) is 42.5 Å². The molecule has 1 fully saturated rings. The molecule has 29 heavy (non-hydrogen) atoms. The van der Waals surface area contributed by atoms with Gasteiger partial charge in [-0.2, -0.15) is 0 Å². The highest BCUT2D eigenvalue weighted by molar-refractivity contribution is 5.98. The van der Waals surface area contributed by atoms with Crippen LogP contribution in [0.1, 0.15) is 60.5 Å². The molecule has 4 heteroatoms. The molecule has 0 aromatic heterocycles. The number of rotatable bonds is 6.